The maximum Gasteiger partial charge on any atom is 0.238 e. The molecule has 3 nitrogen and oxygen atoms in total. The van der Waals surface area contributed by atoms with E-state index in [2.05, 4.69) is 15.9 Å². The zero-order valence-corrected chi connectivity index (χ0v) is 11.5. The highest BCUT2D eigenvalue weighted by Crippen LogP contribution is 2.63. The minimum atomic E-state index is -0.479. The summed E-state index contributed by atoms with van der Waals surface area (Å²) in [4.78, 5) is 25.4. The van der Waals surface area contributed by atoms with Crippen LogP contribution in [0.15, 0.2) is 22.7 Å². The maximum atomic E-state index is 13.5. The van der Waals surface area contributed by atoms with Crippen molar-refractivity contribution in [2.45, 2.75) is 13.8 Å². The number of imide groups is 1. The SMILES string of the molecule is CC1(C)C2C(=O)N(c3ccc(Br)c(F)c3)C(=O)C21. The Kier molecular flexibility index (Phi) is 2.24. The summed E-state index contributed by atoms with van der Waals surface area (Å²) >= 11 is 3.04. The lowest BCUT2D eigenvalue weighted by molar-refractivity contribution is -0.125. The lowest BCUT2D eigenvalue weighted by Gasteiger charge is -2.20. The van der Waals surface area contributed by atoms with Gasteiger partial charge in [0.05, 0.1) is 22.0 Å². The fourth-order valence-electron chi connectivity index (χ4n) is 2.82. The Morgan fingerprint density at radius 3 is 2.28 bits per heavy atom. The largest absolute Gasteiger partial charge is 0.274 e. The topological polar surface area (TPSA) is 37.4 Å². The number of halogens is 2. The Bertz CT molecular complexity index is 560. The molecule has 2 amide bonds. The minimum absolute atomic E-state index is 0.211. The molecule has 2 atom stereocenters. The van der Waals surface area contributed by atoms with Gasteiger partial charge in [0.2, 0.25) is 11.8 Å². The van der Waals surface area contributed by atoms with Gasteiger partial charge in [0, 0.05) is 0 Å². The Hall–Kier alpha value is -1.23. The zero-order valence-electron chi connectivity index (χ0n) is 9.91. The van der Waals surface area contributed by atoms with E-state index in [9.17, 15) is 14.0 Å². The molecule has 1 aromatic rings. The van der Waals surface area contributed by atoms with E-state index in [4.69, 9.17) is 0 Å². The van der Waals surface area contributed by atoms with Crippen molar-refractivity contribution in [2.75, 3.05) is 4.90 Å². The summed E-state index contributed by atoms with van der Waals surface area (Å²) in [6.45, 7) is 3.83. The van der Waals surface area contributed by atoms with E-state index in [1.165, 1.54) is 12.1 Å². The highest BCUT2D eigenvalue weighted by atomic mass is 79.9. The number of amides is 2. The summed E-state index contributed by atoms with van der Waals surface area (Å²) < 4.78 is 13.8. The monoisotopic (exact) mass is 311 g/mol. The summed E-state index contributed by atoms with van der Waals surface area (Å²) in [7, 11) is 0. The summed E-state index contributed by atoms with van der Waals surface area (Å²) in [6.07, 6.45) is 0. The molecule has 2 aliphatic rings. The number of nitrogens with zero attached hydrogens (tertiary/aromatic N) is 1. The molecule has 0 bridgehead atoms. The fourth-order valence-corrected chi connectivity index (χ4v) is 3.07. The van der Waals surface area contributed by atoms with Crippen LogP contribution in [-0.4, -0.2) is 11.8 Å². The molecule has 0 radical (unpaired) electrons. The second-order valence-corrected chi connectivity index (χ2v) is 6.24. The van der Waals surface area contributed by atoms with Gasteiger partial charge >= 0.3 is 0 Å². The van der Waals surface area contributed by atoms with E-state index in [-0.39, 0.29) is 29.1 Å². The third kappa shape index (κ3) is 1.34. The van der Waals surface area contributed by atoms with Gasteiger partial charge in [0.25, 0.3) is 0 Å². The molecule has 1 saturated heterocycles. The van der Waals surface area contributed by atoms with Gasteiger partial charge in [-0.2, -0.15) is 0 Å². The Morgan fingerprint density at radius 1 is 1.22 bits per heavy atom. The van der Waals surface area contributed by atoms with Gasteiger partial charge < -0.3 is 0 Å². The first-order valence-electron chi connectivity index (χ1n) is 5.68. The summed E-state index contributed by atoms with van der Waals surface area (Å²) in [5.41, 5.74) is 0.0761. The van der Waals surface area contributed by atoms with Crippen molar-refractivity contribution in [2.24, 2.45) is 17.3 Å². The lowest BCUT2D eigenvalue weighted by Crippen LogP contribution is -2.36. The normalized spacial score (nSPS) is 28.6. The van der Waals surface area contributed by atoms with Crippen LogP contribution in [0.25, 0.3) is 0 Å². The van der Waals surface area contributed by atoms with Gasteiger partial charge in [-0.25, -0.2) is 9.29 Å². The fraction of sp³-hybridized carbons (Fsp3) is 0.385. The van der Waals surface area contributed by atoms with Crippen LogP contribution in [0.2, 0.25) is 0 Å². The smallest absolute Gasteiger partial charge is 0.238 e. The van der Waals surface area contributed by atoms with Gasteiger partial charge in [0.15, 0.2) is 0 Å². The number of anilines is 1. The number of piperidine rings is 1. The van der Waals surface area contributed by atoms with E-state index in [1.54, 1.807) is 6.07 Å². The van der Waals surface area contributed by atoms with Crippen LogP contribution in [0.5, 0.6) is 0 Å². The zero-order chi connectivity index (χ0) is 13.2. The first-order valence-corrected chi connectivity index (χ1v) is 6.48. The number of benzene rings is 1. The molecular weight excluding hydrogens is 301 g/mol. The number of hydrogen-bond acceptors (Lipinski definition) is 2. The van der Waals surface area contributed by atoms with E-state index >= 15 is 0 Å². The molecule has 5 heteroatoms. The van der Waals surface area contributed by atoms with Crippen molar-refractivity contribution >= 4 is 33.4 Å². The van der Waals surface area contributed by atoms with E-state index in [1.807, 2.05) is 13.8 Å². The van der Waals surface area contributed by atoms with Crippen LogP contribution in [0.3, 0.4) is 0 Å². The standard InChI is InChI=1S/C13H11BrFNO2/c1-13(2)9-10(13)12(18)16(11(9)17)6-3-4-7(14)8(15)5-6/h3-5,9-10H,1-2H3. The lowest BCUT2D eigenvalue weighted by atomic mass is 10.1. The van der Waals surface area contributed by atoms with Crippen molar-refractivity contribution in [3.8, 4) is 0 Å². The molecule has 1 saturated carbocycles. The molecular formula is C13H11BrFNO2. The number of hydrogen-bond donors (Lipinski definition) is 0. The second kappa shape index (κ2) is 3.41. The highest BCUT2D eigenvalue weighted by Gasteiger charge is 2.72. The van der Waals surface area contributed by atoms with Crippen molar-refractivity contribution in [3.05, 3.63) is 28.5 Å². The Labute approximate surface area is 112 Å². The number of carbonyl (C=O) groups excluding carboxylic acids is 2. The van der Waals surface area contributed by atoms with Crippen LogP contribution >= 0.6 is 15.9 Å². The van der Waals surface area contributed by atoms with Crippen LogP contribution in [0.4, 0.5) is 10.1 Å². The second-order valence-electron chi connectivity index (χ2n) is 5.39. The van der Waals surface area contributed by atoms with Gasteiger partial charge in [0.1, 0.15) is 5.82 Å². The highest BCUT2D eigenvalue weighted by molar-refractivity contribution is 9.10. The van der Waals surface area contributed by atoms with E-state index < -0.39 is 5.82 Å². The van der Waals surface area contributed by atoms with E-state index in [0.29, 0.717) is 10.2 Å². The average molecular weight is 312 g/mol. The first-order chi connectivity index (χ1) is 8.35. The van der Waals surface area contributed by atoms with Crippen molar-refractivity contribution in [3.63, 3.8) is 0 Å². The Morgan fingerprint density at radius 2 is 1.78 bits per heavy atom. The number of rotatable bonds is 1. The van der Waals surface area contributed by atoms with Gasteiger partial charge in [-0.1, -0.05) is 13.8 Å². The molecule has 0 aromatic heterocycles. The molecule has 18 heavy (non-hydrogen) atoms. The predicted octanol–water partition coefficient (Wildman–Crippen LogP) is 2.73. The van der Waals surface area contributed by atoms with Crippen LogP contribution in [-0.2, 0) is 9.59 Å². The molecule has 0 N–H and O–H groups in total. The quantitative estimate of drug-likeness (QED) is 0.748. The third-order valence-electron chi connectivity index (χ3n) is 3.96. The molecule has 1 aliphatic carbocycles. The predicted molar refractivity (Wildman–Crippen MR) is 67.4 cm³/mol. The van der Waals surface area contributed by atoms with Crippen molar-refractivity contribution < 1.29 is 14.0 Å². The molecule has 2 fully saturated rings. The number of carbonyl (C=O) groups is 2. The molecule has 1 aromatic carbocycles. The van der Waals surface area contributed by atoms with Gasteiger partial charge in [-0.3, -0.25) is 9.59 Å². The maximum absolute atomic E-state index is 13.5. The third-order valence-corrected chi connectivity index (χ3v) is 4.60. The molecule has 1 aliphatic heterocycles. The summed E-state index contributed by atoms with van der Waals surface area (Å²) in [5.74, 6) is -1.38. The molecule has 94 valence electrons. The van der Waals surface area contributed by atoms with Crippen molar-refractivity contribution in [1.29, 1.82) is 0 Å². The molecule has 3 rings (SSSR count). The van der Waals surface area contributed by atoms with Gasteiger partial charge in [-0.05, 0) is 39.5 Å². The van der Waals surface area contributed by atoms with Crippen LogP contribution in [0, 0.1) is 23.1 Å². The molecule has 1 heterocycles. The van der Waals surface area contributed by atoms with Gasteiger partial charge in [-0.15, -0.1) is 0 Å². The summed E-state index contributed by atoms with van der Waals surface area (Å²) in [5, 5.41) is 0. The van der Waals surface area contributed by atoms with Crippen LogP contribution in [0.1, 0.15) is 13.8 Å². The average Bonchev–Trinajstić information content (AvgIpc) is 2.74. The Balaban J connectivity index is 1.98. The minimum Gasteiger partial charge on any atom is -0.274 e. The van der Waals surface area contributed by atoms with Crippen LogP contribution < -0.4 is 4.90 Å². The first kappa shape index (κ1) is 11.8. The molecule has 0 spiro atoms. The molecule has 2 unspecified atom stereocenters. The summed E-state index contributed by atoms with van der Waals surface area (Å²) in [6, 6.07) is 4.28. The van der Waals surface area contributed by atoms with E-state index in [0.717, 1.165) is 4.90 Å². The van der Waals surface area contributed by atoms with Crippen molar-refractivity contribution in [1.82, 2.24) is 0 Å². The number of fused-ring (bicyclic) bond motifs is 1.